The highest BCUT2D eigenvalue weighted by atomic mass is 16.1. The molecule has 0 aromatic heterocycles. The predicted molar refractivity (Wildman–Crippen MR) is 97.9 cm³/mol. The fraction of sp³-hybridized carbons (Fsp3) is 0.381. The first-order valence-corrected chi connectivity index (χ1v) is 8.53. The maximum Gasteiger partial charge on any atom is 0.224 e. The molecule has 0 unspecified atom stereocenters. The molecular formula is C21H27NO. The van der Waals surface area contributed by atoms with E-state index in [9.17, 15) is 4.79 Å². The van der Waals surface area contributed by atoms with Gasteiger partial charge in [0, 0.05) is 12.1 Å². The van der Waals surface area contributed by atoms with Crippen molar-refractivity contribution in [2.75, 3.05) is 5.32 Å². The lowest BCUT2D eigenvalue weighted by molar-refractivity contribution is -0.116. The molecule has 2 heteroatoms. The summed E-state index contributed by atoms with van der Waals surface area (Å²) in [5, 5.41) is 2.98. The van der Waals surface area contributed by atoms with Gasteiger partial charge in [-0.05, 0) is 67.5 Å². The molecule has 0 bridgehead atoms. The molecule has 23 heavy (non-hydrogen) atoms. The minimum absolute atomic E-state index is 0.0736. The minimum atomic E-state index is 0.0736. The van der Waals surface area contributed by atoms with Crippen LogP contribution in [-0.4, -0.2) is 5.91 Å². The van der Waals surface area contributed by atoms with Crippen LogP contribution in [0, 0.1) is 13.8 Å². The van der Waals surface area contributed by atoms with Crippen molar-refractivity contribution >= 4 is 11.6 Å². The number of rotatable bonds is 7. The lowest BCUT2D eigenvalue weighted by Gasteiger charge is -2.08. The van der Waals surface area contributed by atoms with Gasteiger partial charge in [-0.15, -0.1) is 0 Å². The van der Waals surface area contributed by atoms with E-state index in [1.165, 1.54) is 35.1 Å². The molecule has 2 aromatic rings. The number of aryl methyl sites for hydroxylation is 4. The number of hydrogen-bond donors (Lipinski definition) is 1. The molecule has 0 saturated carbocycles. The molecule has 0 aliphatic heterocycles. The molecule has 2 nitrogen and oxygen atoms in total. The SMILES string of the molecule is CCCCc1ccc(NC(=O)CCc2ccc(C)c(C)c2)cc1. The van der Waals surface area contributed by atoms with Crippen LogP contribution in [0.3, 0.4) is 0 Å². The van der Waals surface area contributed by atoms with Gasteiger partial charge in [-0.3, -0.25) is 4.79 Å². The molecule has 2 rings (SSSR count). The predicted octanol–water partition coefficient (Wildman–Crippen LogP) is 5.22. The molecule has 0 spiro atoms. The number of nitrogens with one attached hydrogen (secondary N) is 1. The summed E-state index contributed by atoms with van der Waals surface area (Å²) in [6.45, 7) is 6.42. The summed E-state index contributed by atoms with van der Waals surface area (Å²) in [5.74, 6) is 0.0736. The Balaban J connectivity index is 1.83. The average Bonchev–Trinajstić information content (AvgIpc) is 2.55. The summed E-state index contributed by atoms with van der Waals surface area (Å²) in [6, 6.07) is 14.6. The van der Waals surface area contributed by atoms with Crippen molar-refractivity contribution < 1.29 is 4.79 Å². The molecule has 2 aromatic carbocycles. The summed E-state index contributed by atoms with van der Waals surface area (Å²) < 4.78 is 0. The Kier molecular flexibility index (Phi) is 6.40. The van der Waals surface area contributed by atoms with Crippen LogP contribution in [0.4, 0.5) is 5.69 Å². The monoisotopic (exact) mass is 309 g/mol. The first-order valence-electron chi connectivity index (χ1n) is 8.53. The van der Waals surface area contributed by atoms with Crippen molar-refractivity contribution in [1.29, 1.82) is 0 Å². The Morgan fingerprint density at radius 2 is 1.61 bits per heavy atom. The molecule has 122 valence electrons. The van der Waals surface area contributed by atoms with Gasteiger partial charge in [0.25, 0.3) is 0 Å². The largest absolute Gasteiger partial charge is 0.326 e. The van der Waals surface area contributed by atoms with Crippen LogP contribution in [0.15, 0.2) is 42.5 Å². The van der Waals surface area contributed by atoms with Crippen LogP contribution in [0.5, 0.6) is 0 Å². The Morgan fingerprint density at radius 3 is 2.26 bits per heavy atom. The summed E-state index contributed by atoms with van der Waals surface area (Å²) in [7, 11) is 0. The van der Waals surface area contributed by atoms with Gasteiger partial charge in [0.05, 0.1) is 0 Å². The molecule has 1 amide bonds. The quantitative estimate of drug-likeness (QED) is 0.746. The Morgan fingerprint density at radius 1 is 0.913 bits per heavy atom. The van der Waals surface area contributed by atoms with Crippen LogP contribution in [0.2, 0.25) is 0 Å². The zero-order chi connectivity index (χ0) is 16.7. The number of hydrogen-bond acceptors (Lipinski definition) is 1. The van der Waals surface area contributed by atoms with E-state index < -0.39 is 0 Å². The van der Waals surface area contributed by atoms with Crippen molar-refractivity contribution in [3.8, 4) is 0 Å². The van der Waals surface area contributed by atoms with Crippen molar-refractivity contribution in [1.82, 2.24) is 0 Å². The number of amides is 1. The number of carbonyl (C=O) groups excluding carboxylic acids is 1. The second-order valence-corrected chi connectivity index (χ2v) is 6.27. The van der Waals surface area contributed by atoms with Crippen LogP contribution < -0.4 is 5.32 Å². The molecule has 0 radical (unpaired) electrons. The van der Waals surface area contributed by atoms with E-state index >= 15 is 0 Å². The Labute approximate surface area is 139 Å². The number of anilines is 1. The van der Waals surface area contributed by atoms with E-state index in [-0.39, 0.29) is 5.91 Å². The van der Waals surface area contributed by atoms with E-state index in [0.29, 0.717) is 6.42 Å². The van der Waals surface area contributed by atoms with Crippen molar-refractivity contribution in [2.45, 2.75) is 52.9 Å². The molecule has 0 saturated heterocycles. The van der Waals surface area contributed by atoms with Gasteiger partial charge in [0.1, 0.15) is 0 Å². The highest BCUT2D eigenvalue weighted by Gasteiger charge is 2.04. The van der Waals surface area contributed by atoms with E-state index in [2.05, 4.69) is 56.4 Å². The van der Waals surface area contributed by atoms with Gasteiger partial charge in [-0.2, -0.15) is 0 Å². The first kappa shape index (κ1) is 17.3. The average molecular weight is 309 g/mol. The van der Waals surface area contributed by atoms with Gasteiger partial charge in [0.2, 0.25) is 5.91 Å². The topological polar surface area (TPSA) is 29.1 Å². The van der Waals surface area contributed by atoms with Crippen molar-refractivity contribution in [3.63, 3.8) is 0 Å². The summed E-state index contributed by atoms with van der Waals surface area (Å²) in [6.07, 6.45) is 4.82. The summed E-state index contributed by atoms with van der Waals surface area (Å²) >= 11 is 0. The molecule has 0 aliphatic rings. The van der Waals surface area contributed by atoms with Crippen LogP contribution >= 0.6 is 0 Å². The Bertz CT molecular complexity index is 643. The highest BCUT2D eigenvalue weighted by Crippen LogP contribution is 2.14. The molecule has 0 heterocycles. The van der Waals surface area contributed by atoms with Gasteiger partial charge in [-0.1, -0.05) is 43.7 Å². The summed E-state index contributed by atoms with van der Waals surface area (Å²) in [5.41, 5.74) is 6.01. The normalized spacial score (nSPS) is 10.6. The van der Waals surface area contributed by atoms with E-state index in [1.807, 2.05) is 12.1 Å². The highest BCUT2D eigenvalue weighted by molar-refractivity contribution is 5.90. The van der Waals surface area contributed by atoms with E-state index in [4.69, 9.17) is 0 Å². The maximum absolute atomic E-state index is 12.1. The van der Waals surface area contributed by atoms with Crippen molar-refractivity contribution in [3.05, 3.63) is 64.7 Å². The van der Waals surface area contributed by atoms with Gasteiger partial charge < -0.3 is 5.32 Å². The number of carbonyl (C=O) groups is 1. The standard InChI is InChI=1S/C21H27NO/c1-4-5-6-18-9-12-20(13-10-18)22-21(23)14-11-19-8-7-16(2)17(3)15-19/h7-10,12-13,15H,4-6,11,14H2,1-3H3,(H,22,23). The maximum atomic E-state index is 12.1. The zero-order valence-corrected chi connectivity index (χ0v) is 14.5. The third-order valence-corrected chi connectivity index (χ3v) is 4.27. The number of benzene rings is 2. The lowest BCUT2D eigenvalue weighted by Crippen LogP contribution is -2.12. The molecule has 0 fully saturated rings. The van der Waals surface area contributed by atoms with Gasteiger partial charge in [0.15, 0.2) is 0 Å². The van der Waals surface area contributed by atoms with Gasteiger partial charge >= 0.3 is 0 Å². The fourth-order valence-electron chi connectivity index (χ4n) is 2.58. The smallest absolute Gasteiger partial charge is 0.224 e. The fourth-order valence-corrected chi connectivity index (χ4v) is 2.58. The second kappa shape index (κ2) is 8.52. The van der Waals surface area contributed by atoms with Crippen LogP contribution in [-0.2, 0) is 17.6 Å². The van der Waals surface area contributed by atoms with Gasteiger partial charge in [-0.25, -0.2) is 0 Å². The first-order chi connectivity index (χ1) is 11.1. The van der Waals surface area contributed by atoms with Crippen molar-refractivity contribution in [2.24, 2.45) is 0 Å². The van der Waals surface area contributed by atoms with E-state index in [1.54, 1.807) is 0 Å². The zero-order valence-electron chi connectivity index (χ0n) is 14.5. The van der Waals surface area contributed by atoms with Crippen LogP contribution in [0.25, 0.3) is 0 Å². The minimum Gasteiger partial charge on any atom is -0.326 e. The second-order valence-electron chi connectivity index (χ2n) is 6.27. The third kappa shape index (κ3) is 5.55. The molecule has 0 atom stereocenters. The van der Waals surface area contributed by atoms with Crippen LogP contribution in [0.1, 0.15) is 48.4 Å². The third-order valence-electron chi connectivity index (χ3n) is 4.27. The number of unbranched alkanes of at least 4 members (excludes halogenated alkanes) is 1. The van der Waals surface area contributed by atoms with E-state index in [0.717, 1.165) is 18.5 Å². The molecule has 1 N–H and O–H groups in total. The summed E-state index contributed by atoms with van der Waals surface area (Å²) in [4.78, 5) is 12.1. The molecular weight excluding hydrogens is 282 g/mol. The Hall–Kier alpha value is -2.09. The lowest BCUT2D eigenvalue weighted by atomic mass is 10.0. The molecule has 0 aliphatic carbocycles.